The second kappa shape index (κ2) is 7.25. The molecule has 6 heteroatoms. The third-order valence-corrected chi connectivity index (χ3v) is 4.69. The summed E-state index contributed by atoms with van der Waals surface area (Å²) in [5.74, 6) is -0.772. The molecule has 1 aliphatic rings. The molecule has 0 radical (unpaired) electrons. The predicted octanol–water partition coefficient (Wildman–Crippen LogP) is 1.87. The topological polar surface area (TPSA) is 66.6 Å². The van der Waals surface area contributed by atoms with Crippen LogP contribution in [0.25, 0.3) is 0 Å². The summed E-state index contributed by atoms with van der Waals surface area (Å²) >= 11 is 0. The third-order valence-electron chi connectivity index (χ3n) is 4.69. The highest BCUT2D eigenvalue weighted by Crippen LogP contribution is 2.22. The second-order valence-corrected chi connectivity index (χ2v) is 6.74. The summed E-state index contributed by atoms with van der Waals surface area (Å²) in [4.78, 5) is 28.4. The summed E-state index contributed by atoms with van der Waals surface area (Å²) in [7, 11) is 0. The lowest BCUT2D eigenvalue weighted by Crippen LogP contribution is -2.58. The molecule has 3 rings (SSSR count). The number of piperazine rings is 1. The molecule has 1 aliphatic heterocycles. The van der Waals surface area contributed by atoms with Crippen molar-refractivity contribution in [3.05, 3.63) is 71.5 Å². The molecule has 0 spiro atoms. The lowest BCUT2D eigenvalue weighted by atomic mass is 9.91. The molecular weight excluding hydrogens is 333 g/mol. The Labute approximate surface area is 152 Å². The number of nitrogens with two attached hydrogens (primary N) is 1. The van der Waals surface area contributed by atoms with Gasteiger partial charge in [-0.2, -0.15) is 0 Å². The van der Waals surface area contributed by atoms with Gasteiger partial charge in [-0.25, -0.2) is 4.39 Å². The molecule has 2 N–H and O–H groups in total. The predicted molar refractivity (Wildman–Crippen MR) is 96.4 cm³/mol. The van der Waals surface area contributed by atoms with Crippen molar-refractivity contribution in [1.29, 1.82) is 0 Å². The SMILES string of the molecule is CC(N)(C(=O)N1CCN(Cc2cccc(F)c2)C(=O)C1)c1ccccc1. The Balaban J connectivity index is 1.66. The monoisotopic (exact) mass is 355 g/mol. The van der Waals surface area contributed by atoms with E-state index in [1.807, 2.05) is 18.2 Å². The molecule has 1 fully saturated rings. The molecule has 0 bridgehead atoms. The average Bonchev–Trinajstić information content (AvgIpc) is 2.63. The summed E-state index contributed by atoms with van der Waals surface area (Å²) in [5.41, 5.74) is 6.52. The van der Waals surface area contributed by atoms with E-state index in [1.165, 1.54) is 17.0 Å². The average molecular weight is 355 g/mol. The molecule has 0 aliphatic carbocycles. The van der Waals surface area contributed by atoms with Crippen molar-refractivity contribution in [3.63, 3.8) is 0 Å². The molecule has 1 saturated heterocycles. The van der Waals surface area contributed by atoms with E-state index in [4.69, 9.17) is 5.73 Å². The van der Waals surface area contributed by atoms with Gasteiger partial charge in [-0.15, -0.1) is 0 Å². The van der Waals surface area contributed by atoms with Crippen LogP contribution >= 0.6 is 0 Å². The first-order valence-electron chi connectivity index (χ1n) is 8.54. The largest absolute Gasteiger partial charge is 0.335 e. The van der Waals surface area contributed by atoms with Crippen molar-refractivity contribution < 1.29 is 14.0 Å². The molecule has 136 valence electrons. The molecular formula is C20H22FN3O2. The molecule has 2 amide bonds. The Kier molecular flexibility index (Phi) is 5.04. The number of rotatable bonds is 4. The quantitative estimate of drug-likeness (QED) is 0.911. The Bertz CT molecular complexity index is 808. The first kappa shape index (κ1) is 18.1. The minimum absolute atomic E-state index is 0.0201. The van der Waals surface area contributed by atoms with Crippen molar-refractivity contribution >= 4 is 11.8 Å². The van der Waals surface area contributed by atoms with E-state index in [2.05, 4.69) is 0 Å². The highest BCUT2D eigenvalue weighted by Gasteiger charge is 2.37. The first-order chi connectivity index (χ1) is 12.4. The normalized spacial score (nSPS) is 17.1. The van der Waals surface area contributed by atoms with Gasteiger partial charge in [-0.05, 0) is 30.2 Å². The molecule has 0 saturated carbocycles. The number of halogens is 1. The fourth-order valence-electron chi connectivity index (χ4n) is 3.14. The van der Waals surface area contributed by atoms with Gasteiger partial charge in [-0.1, -0.05) is 42.5 Å². The summed E-state index contributed by atoms with van der Waals surface area (Å²) in [5, 5.41) is 0. The zero-order valence-corrected chi connectivity index (χ0v) is 14.7. The summed E-state index contributed by atoms with van der Waals surface area (Å²) in [6, 6.07) is 15.3. The summed E-state index contributed by atoms with van der Waals surface area (Å²) in [6.45, 7) is 2.77. The van der Waals surface area contributed by atoms with Gasteiger partial charge in [0.15, 0.2) is 0 Å². The number of benzene rings is 2. The lowest BCUT2D eigenvalue weighted by Gasteiger charge is -2.38. The molecule has 1 heterocycles. The van der Waals surface area contributed by atoms with Crippen LogP contribution in [0.5, 0.6) is 0 Å². The molecule has 1 atom stereocenters. The van der Waals surface area contributed by atoms with Gasteiger partial charge in [0.2, 0.25) is 11.8 Å². The number of hydrogen-bond donors (Lipinski definition) is 1. The van der Waals surface area contributed by atoms with E-state index in [1.54, 1.807) is 36.1 Å². The maximum Gasteiger partial charge on any atom is 0.247 e. The third kappa shape index (κ3) is 3.75. The van der Waals surface area contributed by atoms with Gasteiger partial charge >= 0.3 is 0 Å². The van der Waals surface area contributed by atoms with Crippen LogP contribution < -0.4 is 5.73 Å². The van der Waals surface area contributed by atoms with Crippen LogP contribution in [0, 0.1) is 5.82 Å². The summed E-state index contributed by atoms with van der Waals surface area (Å²) in [6.07, 6.45) is 0. The number of nitrogens with zero attached hydrogens (tertiary/aromatic N) is 2. The highest BCUT2D eigenvalue weighted by molar-refractivity contribution is 5.91. The standard InChI is InChI=1S/C20H22FN3O2/c1-20(22,16-7-3-2-4-8-16)19(26)24-11-10-23(18(25)14-24)13-15-6-5-9-17(21)12-15/h2-9,12H,10-11,13-14,22H2,1H3. The van der Waals surface area contributed by atoms with Crippen LogP contribution in [0.3, 0.4) is 0 Å². The molecule has 26 heavy (non-hydrogen) atoms. The number of carbonyl (C=O) groups excluding carboxylic acids is 2. The molecule has 0 aromatic heterocycles. The van der Waals surface area contributed by atoms with Gasteiger partial charge in [0, 0.05) is 19.6 Å². The number of carbonyl (C=O) groups is 2. The fourth-order valence-corrected chi connectivity index (χ4v) is 3.14. The lowest BCUT2D eigenvalue weighted by molar-refractivity contribution is -0.148. The minimum atomic E-state index is -1.19. The van der Waals surface area contributed by atoms with Crippen LogP contribution in [0.2, 0.25) is 0 Å². The van der Waals surface area contributed by atoms with Crippen LogP contribution in [0.15, 0.2) is 54.6 Å². The second-order valence-electron chi connectivity index (χ2n) is 6.74. The zero-order valence-electron chi connectivity index (χ0n) is 14.7. The highest BCUT2D eigenvalue weighted by atomic mass is 19.1. The van der Waals surface area contributed by atoms with Crippen molar-refractivity contribution in [3.8, 4) is 0 Å². The maximum atomic E-state index is 13.3. The van der Waals surface area contributed by atoms with Crippen LogP contribution in [0.4, 0.5) is 4.39 Å². The molecule has 2 aromatic rings. The van der Waals surface area contributed by atoms with Crippen molar-refractivity contribution in [2.45, 2.75) is 19.0 Å². The van der Waals surface area contributed by atoms with Crippen molar-refractivity contribution in [1.82, 2.24) is 9.80 Å². The molecule has 5 nitrogen and oxygen atoms in total. The van der Waals surface area contributed by atoms with Gasteiger partial charge in [0.25, 0.3) is 0 Å². The first-order valence-corrected chi connectivity index (χ1v) is 8.54. The van der Waals surface area contributed by atoms with Crippen molar-refractivity contribution in [2.75, 3.05) is 19.6 Å². The number of amides is 2. The Morgan fingerprint density at radius 1 is 1.15 bits per heavy atom. The Morgan fingerprint density at radius 3 is 2.54 bits per heavy atom. The van der Waals surface area contributed by atoms with E-state index in [-0.39, 0.29) is 24.2 Å². The molecule has 2 aromatic carbocycles. The van der Waals surface area contributed by atoms with Gasteiger partial charge < -0.3 is 15.5 Å². The van der Waals surface area contributed by atoms with E-state index in [0.29, 0.717) is 25.2 Å². The van der Waals surface area contributed by atoms with Crippen LogP contribution in [0.1, 0.15) is 18.1 Å². The zero-order chi connectivity index (χ0) is 18.7. The van der Waals surface area contributed by atoms with Crippen LogP contribution in [-0.4, -0.2) is 41.2 Å². The number of hydrogen-bond acceptors (Lipinski definition) is 3. The van der Waals surface area contributed by atoms with E-state index in [0.717, 1.165) is 5.56 Å². The maximum absolute atomic E-state index is 13.3. The van der Waals surface area contributed by atoms with Crippen molar-refractivity contribution in [2.24, 2.45) is 5.73 Å². The Hall–Kier alpha value is -2.73. The Morgan fingerprint density at radius 2 is 1.88 bits per heavy atom. The van der Waals surface area contributed by atoms with Gasteiger partial charge in [-0.3, -0.25) is 9.59 Å². The molecule has 1 unspecified atom stereocenters. The van der Waals surface area contributed by atoms with E-state index in [9.17, 15) is 14.0 Å². The van der Waals surface area contributed by atoms with Gasteiger partial charge in [0.1, 0.15) is 11.4 Å². The summed E-state index contributed by atoms with van der Waals surface area (Å²) < 4.78 is 13.3. The minimum Gasteiger partial charge on any atom is -0.335 e. The van der Waals surface area contributed by atoms with Gasteiger partial charge in [0.05, 0.1) is 6.54 Å². The fraction of sp³-hybridized carbons (Fsp3) is 0.300. The smallest absolute Gasteiger partial charge is 0.247 e. The van der Waals surface area contributed by atoms with Crippen LogP contribution in [-0.2, 0) is 21.7 Å². The van der Waals surface area contributed by atoms with E-state index >= 15 is 0 Å². The van der Waals surface area contributed by atoms with E-state index < -0.39 is 5.54 Å².